The summed E-state index contributed by atoms with van der Waals surface area (Å²) >= 11 is 1.76. The molecule has 1 N–H and O–H groups in total. The van der Waals surface area contributed by atoms with Gasteiger partial charge in [-0.25, -0.2) is 15.0 Å². The molecular weight excluding hydrogens is 404 g/mol. The Bertz CT molecular complexity index is 1190. The van der Waals surface area contributed by atoms with Gasteiger partial charge in [-0.2, -0.15) is 0 Å². The molecule has 3 aromatic heterocycles. The van der Waals surface area contributed by atoms with Crippen LogP contribution in [0.4, 0.5) is 5.82 Å². The SMILES string of the molecule is Cc1sc2nc(CN3CCCC3)nc(N[C@@H](c3ccccc3)c3nccn3C)c2c1C. The Labute approximate surface area is 187 Å². The second-order valence-electron chi connectivity index (χ2n) is 8.32. The molecule has 0 aliphatic carbocycles. The van der Waals surface area contributed by atoms with Gasteiger partial charge in [0.1, 0.15) is 28.3 Å². The largest absolute Gasteiger partial charge is 0.356 e. The van der Waals surface area contributed by atoms with Crippen molar-refractivity contribution in [1.82, 2.24) is 24.4 Å². The van der Waals surface area contributed by atoms with Crippen LogP contribution < -0.4 is 5.32 Å². The fourth-order valence-electron chi connectivity index (χ4n) is 4.34. The highest BCUT2D eigenvalue weighted by atomic mass is 32.1. The second-order valence-corrected chi connectivity index (χ2v) is 9.52. The number of anilines is 1. The fraction of sp³-hybridized carbons (Fsp3) is 0.375. The van der Waals surface area contributed by atoms with Crippen molar-refractivity contribution in [2.24, 2.45) is 7.05 Å². The highest BCUT2D eigenvalue weighted by Gasteiger charge is 2.23. The Kier molecular flexibility index (Phi) is 5.46. The average molecular weight is 433 g/mol. The van der Waals surface area contributed by atoms with Gasteiger partial charge in [0.15, 0.2) is 0 Å². The minimum absolute atomic E-state index is 0.0986. The normalized spacial score (nSPS) is 15.6. The van der Waals surface area contributed by atoms with Crippen molar-refractivity contribution < 1.29 is 0 Å². The number of rotatable bonds is 6. The zero-order chi connectivity index (χ0) is 21.4. The number of hydrogen-bond donors (Lipinski definition) is 1. The first kappa shape index (κ1) is 20.2. The number of hydrogen-bond acceptors (Lipinski definition) is 6. The molecule has 4 aromatic rings. The molecule has 4 heterocycles. The summed E-state index contributed by atoms with van der Waals surface area (Å²) in [6, 6.07) is 10.4. The molecule has 1 fully saturated rings. The maximum Gasteiger partial charge on any atom is 0.146 e. The summed E-state index contributed by atoms with van der Waals surface area (Å²) in [5.74, 6) is 2.76. The molecule has 0 spiro atoms. The van der Waals surface area contributed by atoms with E-state index in [-0.39, 0.29) is 6.04 Å². The summed E-state index contributed by atoms with van der Waals surface area (Å²) in [5.41, 5.74) is 2.41. The van der Waals surface area contributed by atoms with Crippen molar-refractivity contribution in [2.75, 3.05) is 18.4 Å². The van der Waals surface area contributed by atoms with Crippen LogP contribution in [0.2, 0.25) is 0 Å². The number of aryl methyl sites for hydroxylation is 3. The van der Waals surface area contributed by atoms with Crippen LogP contribution in [0.25, 0.3) is 10.2 Å². The van der Waals surface area contributed by atoms with Crippen LogP contribution in [-0.4, -0.2) is 37.5 Å². The van der Waals surface area contributed by atoms with E-state index in [4.69, 9.17) is 9.97 Å². The van der Waals surface area contributed by atoms with Gasteiger partial charge in [-0.3, -0.25) is 4.90 Å². The van der Waals surface area contributed by atoms with Gasteiger partial charge in [0.2, 0.25) is 0 Å². The number of aromatic nitrogens is 4. The number of likely N-dealkylation sites (tertiary alicyclic amines) is 1. The van der Waals surface area contributed by atoms with Crippen molar-refractivity contribution in [1.29, 1.82) is 0 Å². The molecule has 1 atom stereocenters. The number of imidazole rings is 1. The smallest absolute Gasteiger partial charge is 0.146 e. The van der Waals surface area contributed by atoms with Crippen molar-refractivity contribution in [2.45, 2.75) is 39.3 Å². The van der Waals surface area contributed by atoms with E-state index in [1.165, 1.54) is 23.3 Å². The summed E-state index contributed by atoms with van der Waals surface area (Å²) < 4.78 is 2.07. The Morgan fingerprint density at radius 2 is 1.87 bits per heavy atom. The van der Waals surface area contributed by atoms with Crippen molar-refractivity contribution in [3.8, 4) is 0 Å². The lowest BCUT2D eigenvalue weighted by Gasteiger charge is -2.21. The quantitative estimate of drug-likeness (QED) is 0.472. The van der Waals surface area contributed by atoms with Crippen LogP contribution in [0, 0.1) is 13.8 Å². The molecule has 31 heavy (non-hydrogen) atoms. The maximum absolute atomic E-state index is 5.05. The summed E-state index contributed by atoms with van der Waals surface area (Å²) in [7, 11) is 2.04. The Hall–Kier alpha value is -2.77. The number of fused-ring (bicyclic) bond motifs is 1. The second kappa shape index (κ2) is 8.40. The molecule has 0 saturated carbocycles. The molecule has 1 aliphatic heterocycles. The minimum Gasteiger partial charge on any atom is -0.356 e. The monoisotopic (exact) mass is 432 g/mol. The molecule has 0 bridgehead atoms. The molecule has 0 radical (unpaired) electrons. The molecule has 7 heteroatoms. The summed E-state index contributed by atoms with van der Waals surface area (Å²) in [5, 5.41) is 4.88. The zero-order valence-corrected chi connectivity index (χ0v) is 19.1. The third kappa shape index (κ3) is 3.95. The topological polar surface area (TPSA) is 58.9 Å². The van der Waals surface area contributed by atoms with Crippen LogP contribution in [0.5, 0.6) is 0 Å². The fourth-order valence-corrected chi connectivity index (χ4v) is 5.39. The van der Waals surface area contributed by atoms with E-state index < -0.39 is 0 Å². The summed E-state index contributed by atoms with van der Waals surface area (Å²) in [4.78, 5) is 19.5. The van der Waals surface area contributed by atoms with Gasteiger partial charge in [0.05, 0.1) is 11.9 Å². The van der Waals surface area contributed by atoms with E-state index in [0.29, 0.717) is 0 Å². The van der Waals surface area contributed by atoms with E-state index in [1.807, 2.05) is 25.5 Å². The Morgan fingerprint density at radius 1 is 1.10 bits per heavy atom. The lowest BCUT2D eigenvalue weighted by atomic mass is 10.1. The molecule has 1 saturated heterocycles. The van der Waals surface area contributed by atoms with Crippen molar-refractivity contribution in [3.63, 3.8) is 0 Å². The van der Waals surface area contributed by atoms with Gasteiger partial charge in [0, 0.05) is 24.3 Å². The van der Waals surface area contributed by atoms with Crippen molar-refractivity contribution >= 4 is 27.4 Å². The average Bonchev–Trinajstić information content (AvgIpc) is 3.49. The third-order valence-electron chi connectivity index (χ3n) is 6.17. The van der Waals surface area contributed by atoms with Crippen LogP contribution in [0.15, 0.2) is 42.7 Å². The van der Waals surface area contributed by atoms with Crippen LogP contribution in [-0.2, 0) is 13.6 Å². The zero-order valence-electron chi connectivity index (χ0n) is 18.3. The van der Waals surface area contributed by atoms with Gasteiger partial charge in [-0.15, -0.1) is 11.3 Å². The Balaban J connectivity index is 1.60. The number of thiophene rings is 1. The van der Waals surface area contributed by atoms with Crippen LogP contribution in [0.3, 0.4) is 0 Å². The first-order valence-electron chi connectivity index (χ1n) is 10.9. The van der Waals surface area contributed by atoms with Gasteiger partial charge >= 0.3 is 0 Å². The number of nitrogens with zero attached hydrogens (tertiary/aromatic N) is 5. The minimum atomic E-state index is -0.0986. The molecule has 160 valence electrons. The molecular formula is C24H28N6S. The predicted molar refractivity (Wildman–Crippen MR) is 127 cm³/mol. The van der Waals surface area contributed by atoms with E-state index in [0.717, 1.165) is 52.9 Å². The molecule has 0 unspecified atom stereocenters. The van der Waals surface area contributed by atoms with Crippen LogP contribution >= 0.6 is 11.3 Å². The first-order chi connectivity index (χ1) is 15.1. The molecule has 1 aliphatic rings. The molecule has 6 nitrogen and oxygen atoms in total. The van der Waals surface area contributed by atoms with Crippen molar-refractivity contribution in [3.05, 3.63) is 70.4 Å². The predicted octanol–water partition coefficient (Wildman–Crippen LogP) is 4.84. The standard InChI is InChI=1S/C24H28N6S/c1-16-17(2)31-24-20(16)22(26-19(27-24)15-30-12-7-8-13-30)28-21(18-9-5-4-6-10-18)23-25-11-14-29(23)3/h4-6,9-11,14,21H,7-8,12-13,15H2,1-3H3,(H,26,27,28)/t21-/m0/s1. The lowest BCUT2D eigenvalue weighted by Crippen LogP contribution is -2.21. The number of benzene rings is 1. The molecule has 5 rings (SSSR count). The van der Waals surface area contributed by atoms with Gasteiger partial charge in [-0.1, -0.05) is 30.3 Å². The lowest BCUT2D eigenvalue weighted by molar-refractivity contribution is 0.323. The van der Waals surface area contributed by atoms with Gasteiger partial charge < -0.3 is 9.88 Å². The maximum atomic E-state index is 5.05. The highest BCUT2D eigenvalue weighted by Crippen LogP contribution is 2.36. The Morgan fingerprint density at radius 3 is 2.58 bits per heavy atom. The summed E-state index contributed by atoms with van der Waals surface area (Å²) in [6.07, 6.45) is 6.36. The summed E-state index contributed by atoms with van der Waals surface area (Å²) in [6.45, 7) is 7.40. The van der Waals surface area contributed by atoms with Gasteiger partial charge in [-0.05, 0) is 50.9 Å². The van der Waals surface area contributed by atoms with Gasteiger partial charge in [0.25, 0.3) is 0 Å². The number of nitrogens with one attached hydrogen (secondary N) is 1. The van der Waals surface area contributed by atoms with E-state index in [9.17, 15) is 0 Å². The van der Waals surface area contributed by atoms with Crippen LogP contribution in [0.1, 0.15) is 46.5 Å². The first-order valence-corrected chi connectivity index (χ1v) is 11.7. The third-order valence-corrected chi connectivity index (χ3v) is 7.27. The molecule has 1 aromatic carbocycles. The van der Waals surface area contributed by atoms with E-state index >= 15 is 0 Å². The highest BCUT2D eigenvalue weighted by molar-refractivity contribution is 7.18. The van der Waals surface area contributed by atoms with E-state index in [1.54, 1.807) is 11.3 Å². The molecule has 0 amide bonds. The van der Waals surface area contributed by atoms with E-state index in [2.05, 4.69) is 57.9 Å².